The molecule has 1 aliphatic carbocycles. The van der Waals surface area contributed by atoms with Crippen molar-refractivity contribution in [2.24, 2.45) is 0 Å². The highest BCUT2D eigenvalue weighted by Crippen LogP contribution is 2.24. The van der Waals surface area contributed by atoms with E-state index in [0.29, 0.717) is 0 Å². The molecule has 0 atom stereocenters. The zero-order chi connectivity index (χ0) is 11.7. The van der Waals surface area contributed by atoms with Gasteiger partial charge in [-0.2, -0.15) is 0 Å². The SMILES string of the molecule is Clc1cccc2c1ccn2CCCNC1CC1. The first kappa shape index (κ1) is 11.1. The summed E-state index contributed by atoms with van der Waals surface area (Å²) < 4.78 is 2.29. The fraction of sp³-hybridized carbons (Fsp3) is 0.429. The summed E-state index contributed by atoms with van der Waals surface area (Å²) in [5.41, 5.74) is 1.24. The highest BCUT2D eigenvalue weighted by Gasteiger charge is 2.19. The molecule has 1 heterocycles. The van der Waals surface area contributed by atoms with Crippen molar-refractivity contribution in [3.63, 3.8) is 0 Å². The smallest absolute Gasteiger partial charge is 0.0499 e. The van der Waals surface area contributed by atoms with Crippen molar-refractivity contribution >= 4 is 22.5 Å². The number of hydrogen-bond acceptors (Lipinski definition) is 1. The molecule has 0 bridgehead atoms. The summed E-state index contributed by atoms with van der Waals surface area (Å²) in [6.07, 6.45) is 6.03. The molecule has 3 rings (SSSR count). The van der Waals surface area contributed by atoms with Gasteiger partial charge in [-0.1, -0.05) is 17.7 Å². The second-order valence-electron chi connectivity index (χ2n) is 4.76. The lowest BCUT2D eigenvalue weighted by Crippen LogP contribution is -2.18. The average molecular weight is 249 g/mol. The molecule has 1 N–H and O–H groups in total. The van der Waals surface area contributed by atoms with Crippen LogP contribution in [0, 0.1) is 0 Å². The topological polar surface area (TPSA) is 17.0 Å². The number of nitrogens with one attached hydrogen (secondary N) is 1. The van der Waals surface area contributed by atoms with Crippen LogP contribution in [0.15, 0.2) is 30.5 Å². The molecule has 1 aromatic carbocycles. The van der Waals surface area contributed by atoms with E-state index in [9.17, 15) is 0 Å². The quantitative estimate of drug-likeness (QED) is 0.803. The van der Waals surface area contributed by atoms with E-state index in [1.54, 1.807) is 0 Å². The van der Waals surface area contributed by atoms with E-state index in [0.717, 1.165) is 29.5 Å². The summed E-state index contributed by atoms with van der Waals surface area (Å²) in [4.78, 5) is 0. The number of nitrogens with zero attached hydrogens (tertiary/aromatic N) is 1. The molecular formula is C14H17ClN2. The maximum atomic E-state index is 6.16. The Labute approximate surface area is 107 Å². The average Bonchev–Trinajstić information content (AvgIpc) is 3.06. The fourth-order valence-electron chi connectivity index (χ4n) is 2.22. The first-order valence-corrected chi connectivity index (χ1v) is 6.69. The summed E-state index contributed by atoms with van der Waals surface area (Å²) >= 11 is 6.16. The molecule has 0 amide bonds. The summed E-state index contributed by atoms with van der Waals surface area (Å²) in [7, 11) is 0. The van der Waals surface area contributed by atoms with E-state index in [1.165, 1.54) is 24.8 Å². The number of benzene rings is 1. The van der Waals surface area contributed by atoms with Crippen LogP contribution in [0.25, 0.3) is 10.9 Å². The fourth-order valence-corrected chi connectivity index (χ4v) is 2.46. The minimum Gasteiger partial charge on any atom is -0.347 e. The molecule has 0 aliphatic heterocycles. The molecule has 90 valence electrons. The van der Waals surface area contributed by atoms with Gasteiger partial charge in [-0.15, -0.1) is 0 Å². The van der Waals surface area contributed by atoms with E-state index in [2.05, 4.69) is 28.2 Å². The van der Waals surface area contributed by atoms with Crippen LogP contribution in [0.4, 0.5) is 0 Å². The van der Waals surface area contributed by atoms with Crippen LogP contribution in [0.2, 0.25) is 5.02 Å². The molecule has 1 aromatic heterocycles. The van der Waals surface area contributed by atoms with E-state index in [-0.39, 0.29) is 0 Å². The second kappa shape index (κ2) is 4.71. The van der Waals surface area contributed by atoms with Gasteiger partial charge in [0, 0.05) is 34.7 Å². The third-order valence-corrected chi connectivity index (χ3v) is 3.68. The number of rotatable bonds is 5. The van der Waals surface area contributed by atoms with Crippen LogP contribution in [-0.2, 0) is 6.54 Å². The van der Waals surface area contributed by atoms with Gasteiger partial charge < -0.3 is 9.88 Å². The Balaban J connectivity index is 1.65. The number of aryl methyl sites for hydroxylation is 1. The van der Waals surface area contributed by atoms with Crippen LogP contribution in [0.1, 0.15) is 19.3 Å². The number of hydrogen-bond donors (Lipinski definition) is 1. The number of fused-ring (bicyclic) bond motifs is 1. The van der Waals surface area contributed by atoms with Crippen molar-refractivity contribution in [1.82, 2.24) is 9.88 Å². The summed E-state index contributed by atoms with van der Waals surface area (Å²) in [6.45, 7) is 2.18. The first-order valence-electron chi connectivity index (χ1n) is 6.31. The van der Waals surface area contributed by atoms with Crippen LogP contribution in [-0.4, -0.2) is 17.2 Å². The van der Waals surface area contributed by atoms with Gasteiger partial charge in [-0.05, 0) is 44.0 Å². The lowest BCUT2D eigenvalue weighted by Gasteiger charge is -2.06. The van der Waals surface area contributed by atoms with Crippen molar-refractivity contribution in [3.8, 4) is 0 Å². The standard InChI is InChI=1S/C14H17ClN2/c15-13-3-1-4-14-12(13)7-10-17(14)9-2-8-16-11-5-6-11/h1,3-4,7,10-11,16H,2,5-6,8-9H2. The molecule has 0 unspecified atom stereocenters. The van der Waals surface area contributed by atoms with E-state index >= 15 is 0 Å². The molecular weight excluding hydrogens is 232 g/mol. The lowest BCUT2D eigenvalue weighted by molar-refractivity contribution is 0.588. The lowest BCUT2D eigenvalue weighted by atomic mass is 10.2. The Bertz CT molecular complexity index is 514. The summed E-state index contributed by atoms with van der Waals surface area (Å²) in [6, 6.07) is 9.01. The molecule has 2 nitrogen and oxygen atoms in total. The van der Waals surface area contributed by atoms with E-state index in [1.807, 2.05) is 12.1 Å². The van der Waals surface area contributed by atoms with Crippen molar-refractivity contribution in [1.29, 1.82) is 0 Å². The highest BCUT2D eigenvalue weighted by atomic mass is 35.5. The van der Waals surface area contributed by atoms with Gasteiger partial charge in [-0.3, -0.25) is 0 Å². The minimum absolute atomic E-state index is 0.811. The van der Waals surface area contributed by atoms with E-state index in [4.69, 9.17) is 11.6 Å². The molecule has 0 radical (unpaired) electrons. The molecule has 3 heteroatoms. The predicted octanol–water partition coefficient (Wildman–Crippen LogP) is 3.44. The third-order valence-electron chi connectivity index (χ3n) is 3.35. The van der Waals surface area contributed by atoms with Crippen molar-refractivity contribution in [3.05, 3.63) is 35.5 Å². The molecule has 17 heavy (non-hydrogen) atoms. The van der Waals surface area contributed by atoms with Gasteiger partial charge in [0.1, 0.15) is 0 Å². The summed E-state index contributed by atoms with van der Waals surface area (Å²) in [5.74, 6) is 0. The Morgan fingerprint density at radius 3 is 3.00 bits per heavy atom. The Kier molecular flexibility index (Phi) is 3.08. The molecule has 1 fully saturated rings. The monoisotopic (exact) mass is 248 g/mol. The molecule has 0 spiro atoms. The highest BCUT2D eigenvalue weighted by molar-refractivity contribution is 6.35. The molecule has 0 saturated heterocycles. The molecule has 1 aliphatic rings. The number of aromatic nitrogens is 1. The Morgan fingerprint density at radius 1 is 1.29 bits per heavy atom. The van der Waals surface area contributed by atoms with Crippen molar-refractivity contribution in [2.75, 3.05) is 6.54 Å². The van der Waals surface area contributed by atoms with Gasteiger partial charge in [0.15, 0.2) is 0 Å². The maximum absolute atomic E-state index is 6.16. The third kappa shape index (κ3) is 2.48. The maximum Gasteiger partial charge on any atom is 0.0499 e. The minimum atomic E-state index is 0.811. The van der Waals surface area contributed by atoms with Crippen molar-refractivity contribution < 1.29 is 0 Å². The van der Waals surface area contributed by atoms with Crippen LogP contribution < -0.4 is 5.32 Å². The van der Waals surface area contributed by atoms with Crippen molar-refractivity contribution in [2.45, 2.75) is 31.8 Å². The molecule has 2 aromatic rings. The zero-order valence-corrected chi connectivity index (χ0v) is 10.6. The largest absolute Gasteiger partial charge is 0.347 e. The van der Waals surface area contributed by atoms with Crippen LogP contribution >= 0.6 is 11.6 Å². The molecule has 1 saturated carbocycles. The van der Waals surface area contributed by atoms with Gasteiger partial charge in [0.2, 0.25) is 0 Å². The van der Waals surface area contributed by atoms with Gasteiger partial charge in [-0.25, -0.2) is 0 Å². The van der Waals surface area contributed by atoms with Gasteiger partial charge in [0.25, 0.3) is 0 Å². The Morgan fingerprint density at radius 2 is 2.18 bits per heavy atom. The van der Waals surface area contributed by atoms with Crippen LogP contribution in [0.3, 0.4) is 0 Å². The number of halogens is 1. The zero-order valence-electron chi connectivity index (χ0n) is 9.82. The Hall–Kier alpha value is -0.990. The van der Waals surface area contributed by atoms with Crippen LogP contribution in [0.5, 0.6) is 0 Å². The van der Waals surface area contributed by atoms with Gasteiger partial charge >= 0.3 is 0 Å². The van der Waals surface area contributed by atoms with E-state index < -0.39 is 0 Å². The van der Waals surface area contributed by atoms with Gasteiger partial charge in [0.05, 0.1) is 0 Å². The second-order valence-corrected chi connectivity index (χ2v) is 5.17. The normalized spacial score (nSPS) is 15.6. The predicted molar refractivity (Wildman–Crippen MR) is 72.6 cm³/mol. The first-order chi connectivity index (χ1) is 8.34. The summed E-state index contributed by atoms with van der Waals surface area (Å²) in [5, 5.41) is 5.54.